The number of fused-ring (bicyclic) bond motifs is 1. The van der Waals surface area contributed by atoms with E-state index in [1.165, 1.54) is 6.42 Å². The minimum Gasteiger partial charge on any atom is -0.395 e. The van der Waals surface area contributed by atoms with Gasteiger partial charge in [-0.1, -0.05) is 0 Å². The number of β-amino-alcohol motifs (C(OH)–C–C–N with tert-alkyl or cyclic N) is 1. The van der Waals surface area contributed by atoms with Crippen molar-refractivity contribution in [2.24, 2.45) is 0 Å². The van der Waals surface area contributed by atoms with E-state index < -0.39 is 6.10 Å². The van der Waals surface area contributed by atoms with Crippen LogP contribution >= 0.6 is 0 Å². The topological polar surface area (TPSA) is 114 Å². The number of aromatic nitrogens is 4. The fourth-order valence-corrected chi connectivity index (χ4v) is 5.07. The van der Waals surface area contributed by atoms with E-state index in [-0.39, 0.29) is 6.61 Å². The van der Waals surface area contributed by atoms with E-state index in [9.17, 15) is 10.2 Å². The standard InChI is InChI=1S/C26H36N8O2/c1-18-22(33-12-10-32(11-13-33)14-15-35)6-7-23(28-18)30-26-27-17-20-16-21(19(2)36)29-25(24(20)31-26)34-8-4-3-5-9-34/h6-7,16-17,19,35-36H,3-5,8-15H2,1-2H3,(H,27,28,30,31). The maximum Gasteiger partial charge on any atom is 0.229 e. The molecule has 5 rings (SSSR count). The molecule has 0 spiro atoms. The number of piperidine rings is 1. The van der Waals surface area contributed by atoms with E-state index in [1.54, 1.807) is 13.1 Å². The van der Waals surface area contributed by atoms with E-state index in [0.29, 0.717) is 17.5 Å². The van der Waals surface area contributed by atoms with Crippen LogP contribution in [0, 0.1) is 6.92 Å². The first-order valence-electron chi connectivity index (χ1n) is 13.0. The maximum absolute atomic E-state index is 10.2. The van der Waals surface area contributed by atoms with Crippen LogP contribution in [-0.4, -0.2) is 87.5 Å². The van der Waals surface area contributed by atoms with Crippen LogP contribution < -0.4 is 15.1 Å². The van der Waals surface area contributed by atoms with E-state index >= 15 is 0 Å². The fourth-order valence-electron chi connectivity index (χ4n) is 5.07. The maximum atomic E-state index is 10.2. The second kappa shape index (κ2) is 10.9. The summed E-state index contributed by atoms with van der Waals surface area (Å²) in [5.41, 5.74) is 3.50. The number of hydrogen-bond donors (Lipinski definition) is 3. The van der Waals surface area contributed by atoms with Crippen molar-refractivity contribution in [1.82, 2.24) is 24.8 Å². The van der Waals surface area contributed by atoms with Gasteiger partial charge in [0.2, 0.25) is 5.95 Å². The third kappa shape index (κ3) is 5.35. The van der Waals surface area contributed by atoms with Crippen molar-refractivity contribution in [3.63, 3.8) is 0 Å². The molecule has 0 radical (unpaired) electrons. The summed E-state index contributed by atoms with van der Waals surface area (Å²) in [6, 6.07) is 5.94. The Morgan fingerprint density at radius 2 is 1.75 bits per heavy atom. The Hall–Kier alpha value is -3.08. The van der Waals surface area contributed by atoms with Gasteiger partial charge in [-0.3, -0.25) is 4.90 Å². The highest BCUT2D eigenvalue weighted by atomic mass is 16.3. The second-order valence-corrected chi connectivity index (χ2v) is 9.70. The van der Waals surface area contributed by atoms with Crippen LogP contribution in [0.2, 0.25) is 0 Å². The summed E-state index contributed by atoms with van der Waals surface area (Å²) >= 11 is 0. The Labute approximate surface area is 212 Å². The van der Waals surface area contributed by atoms with Gasteiger partial charge in [0.25, 0.3) is 0 Å². The van der Waals surface area contributed by atoms with Gasteiger partial charge in [-0.2, -0.15) is 0 Å². The average molecular weight is 493 g/mol. The monoisotopic (exact) mass is 492 g/mol. The van der Waals surface area contributed by atoms with Crippen LogP contribution in [0.4, 0.5) is 23.3 Å². The molecular formula is C26H36N8O2. The molecule has 10 nitrogen and oxygen atoms in total. The highest BCUT2D eigenvalue weighted by Crippen LogP contribution is 2.30. The van der Waals surface area contributed by atoms with Gasteiger partial charge < -0.3 is 25.3 Å². The second-order valence-electron chi connectivity index (χ2n) is 9.70. The van der Waals surface area contributed by atoms with E-state index in [1.807, 2.05) is 19.1 Å². The number of aliphatic hydroxyl groups excluding tert-OH is 2. The molecule has 0 aromatic carbocycles. The Bertz CT molecular complexity index is 1190. The molecule has 2 fully saturated rings. The lowest BCUT2D eigenvalue weighted by Gasteiger charge is -2.36. The summed E-state index contributed by atoms with van der Waals surface area (Å²) in [5, 5.41) is 23.5. The summed E-state index contributed by atoms with van der Waals surface area (Å²) < 4.78 is 0. The predicted molar refractivity (Wildman–Crippen MR) is 142 cm³/mol. The predicted octanol–water partition coefficient (Wildman–Crippen LogP) is 2.63. The first-order chi connectivity index (χ1) is 17.5. The lowest BCUT2D eigenvalue weighted by atomic mass is 10.1. The number of pyridine rings is 2. The number of nitrogens with one attached hydrogen (secondary N) is 1. The Morgan fingerprint density at radius 3 is 2.44 bits per heavy atom. The highest BCUT2D eigenvalue weighted by molar-refractivity contribution is 5.89. The fraction of sp³-hybridized carbons (Fsp3) is 0.538. The molecule has 5 heterocycles. The average Bonchev–Trinajstić information content (AvgIpc) is 2.89. The lowest BCUT2D eigenvalue weighted by molar-refractivity contribution is 0.188. The van der Waals surface area contributed by atoms with Crippen LogP contribution in [0.5, 0.6) is 0 Å². The molecule has 1 atom stereocenters. The number of aliphatic hydroxyl groups is 2. The van der Waals surface area contributed by atoms with Crippen LogP contribution in [0.1, 0.15) is 43.7 Å². The van der Waals surface area contributed by atoms with Gasteiger partial charge in [0.05, 0.1) is 29.8 Å². The molecule has 1 unspecified atom stereocenters. The zero-order valence-corrected chi connectivity index (χ0v) is 21.2. The number of nitrogens with zero attached hydrogens (tertiary/aromatic N) is 7. The third-order valence-electron chi connectivity index (χ3n) is 7.08. The molecule has 0 bridgehead atoms. The molecule has 0 aliphatic carbocycles. The molecule has 192 valence electrons. The van der Waals surface area contributed by atoms with E-state index in [4.69, 9.17) is 15.0 Å². The first-order valence-corrected chi connectivity index (χ1v) is 13.0. The van der Waals surface area contributed by atoms with Gasteiger partial charge in [0.1, 0.15) is 11.3 Å². The molecule has 0 saturated carbocycles. The smallest absolute Gasteiger partial charge is 0.229 e. The SMILES string of the molecule is Cc1nc(Nc2ncc3cc(C(C)O)nc(N4CCCCC4)c3n2)ccc1N1CCN(CCO)CC1. The van der Waals surface area contributed by atoms with Crippen molar-refractivity contribution in [2.45, 2.75) is 39.2 Å². The summed E-state index contributed by atoms with van der Waals surface area (Å²) in [4.78, 5) is 25.8. The molecule has 10 heteroatoms. The van der Waals surface area contributed by atoms with Gasteiger partial charge in [-0.05, 0) is 51.3 Å². The Kier molecular flexibility index (Phi) is 7.45. The molecule has 2 aliphatic rings. The largest absolute Gasteiger partial charge is 0.395 e. The molecule has 2 saturated heterocycles. The molecule has 2 aliphatic heterocycles. The summed E-state index contributed by atoms with van der Waals surface area (Å²) in [6.07, 6.45) is 4.62. The van der Waals surface area contributed by atoms with Gasteiger partial charge in [0, 0.05) is 57.4 Å². The molecule has 3 N–H and O–H groups in total. The van der Waals surface area contributed by atoms with E-state index in [2.05, 4.69) is 31.1 Å². The van der Waals surface area contributed by atoms with Crippen molar-refractivity contribution in [2.75, 3.05) is 67.5 Å². The number of piperazine rings is 1. The summed E-state index contributed by atoms with van der Waals surface area (Å²) in [6.45, 7) is 10.3. The molecule has 0 amide bonds. The van der Waals surface area contributed by atoms with Crippen molar-refractivity contribution in [3.8, 4) is 0 Å². The molecule has 3 aromatic rings. The number of rotatable bonds is 7. The van der Waals surface area contributed by atoms with Crippen LogP contribution in [0.15, 0.2) is 24.4 Å². The van der Waals surface area contributed by atoms with Gasteiger partial charge in [-0.15, -0.1) is 0 Å². The lowest BCUT2D eigenvalue weighted by Crippen LogP contribution is -2.47. The first kappa shape index (κ1) is 24.6. The summed E-state index contributed by atoms with van der Waals surface area (Å²) in [7, 11) is 0. The number of anilines is 4. The van der Waals surface area contributed by atoms with Crippen molar-refractivity contribution < 1.29 is 10.2 Å². The highest BCUT2D eigenvalue weighted by Gasteiger charge is 2.21. The Balaban J connectivity index is 1.37. The van der Waals surface area contributed by atoms with Crippen molar-refractivity contribution in [3.05, 3.63) is 35.8 Å². The van der Waals surface area contributed by atoms with Gasteiger partial charge >= 0.3 is 0 Å². The van der Waals surface area contributed by atoms with Crippen LogP contribution in [-0.2, 0) is 0 Å². The quantitative estimate of drug-likeness (QED) is 0.455. The minimum atomic E-state index is -0.654. The molecular weight excluding hydrogens is 456 g/mol. The van der Waals surface area contributed by atoms with Crippen LogP contribution in [0.25, 0.3) is 10.9 Å². The van der Waals surface area contributed by atoms with Crippen LogP contribution in [0.3, 0.4) is 0 Å². The van der Waals surface area contributed by atoms with Gasteiger partial charge in [0.15, 0.2) is 5.82 Å². The zero-order chi connectivity index (χ0) is 25.1. The number of aryl methyl sites for hydroxylation is 1. The third-order valence-corrected chi connectivity index (χ3v) is 7.08. The number of hydrogen-bond acceptors (Lipinski definition) is 10. The minimum absolute atomic E-state index is 0.203. The zero-order valence-electron chi connectivity index (χ0n) is 21.2. The summed E-state index contributed by atoms with van der Waals surface area (Å²) in [5.74, 6) is 1.99. The normalized spacial score (nSPS) is 18.0. The molecule has 36 heavy (non-hydrogen) atoms. The molecule has 3 aromatic heterocycles. The van der Waals surface area contributed by atoms with Crippen molar-refractivity contribution >= 4 is 34.2 Å². The van der Waals surface area contributed by atoms with Crippen molar-refractivity contribution in [1.29, 1.82) is 0 Å². The Morgan fingerprint density at radius 1 is 0.972 bits per heavy atom. The van der Waals surface area contributed by atoms with E-state index in [0.717, 1.165) is 86.8 Å². The van der Waals surface area contributed by atoms with Gasteiger partial charge in [-0.25, -0.2) is 19.9 Å².